The van der Waals surface area contributed by atoms with Crippen LogP contribution in [-0.2, 0) is 17.9 Å². The molecule has 3 heterocycles. The van der Waals surface area contributed by atoms with Crippen LogP contribution in [0.4, 0.5) is 0 Å². The van der Waals surface area contributed by atoms with Crippen LogP contribution in [0.2, 0.25) is 0 Å². The third-order valence-corrected chi connectivity index (χ3v) is 6.60. The number of piperidine rings is 1. The van der Waals surface area contributed by atoms with Gasteiger partial charge >= 0.3 is 0 Å². The highest BCUT2D eigenvalue weighted by Gasteiger charge is 2.44. The van der Waals surface area contributed by atoms with Gasteiger partial charge in [-0.25, -0.2) is 0 Å². The first kappa shape index (κ1) is 18.6. The maximum atomic E-state index is 12.7. The molecule has 0 radical (unpaired) electrons. The third-order valence-electron chi connectivity index (χ3n) is 6.60. The summed E-state index contributed by atoms with van der Waals surface area (Å²) >= 11 is 0. The highest BCUT2D eigenvalue weighted by atomic mass is 16.5. The molecule has 1 spiro atoms. The number of likely N-dealkylation sites (tertiary alicyclic amines) is 2. The summed E-state index contributed by atoms with van der Waals surface area (Å²) in [5, 5.41) is 8.40. The van der Waals surface area contributed by atoms with Crippen molar-refractivity contribution < 1.29 is 13.9 Å². The van der Waals surface area contributed by atoms with E-state index in [2.05, 4.69) is 21.2 Å². The van der Waals surface area contributed by atoms with Gasteiger partial charge in [-0.2, -0.15) is 0 Å². The Hall–Kier alpha value is -2.41. The fourth-order valence-corrected chi connectivity index (χ4v) is 4.65. The second-order valence-electron chi connectivity index (χ2n) is 8.86. The van der Waals surface area contributed by atoms with Crippen molar-refractivity contribution in [2.45, 2.75) is 51.1 Å². The van der Waals surface area contributed by atoms with Crippen LogP contribution in [0.25, 0.3) is 0 Å². The number of hydrogen-bond donors (Lipinski definition) is 0. The normalized spacial score (nSPS) is 21.8. The molecule has 3 fully saturated rings. The minimum Gasteiger partial charge on any atom is -0.497 e. The molecule has 29 heavy (non-hydrogen) atoms. The number of methoxy groups -OCH3 is 1. The van der Waals surface area contributed by atoms with E-state index in [1.807, 2.05) is 23.1 Å². The average Bonchev–Trinajstić information content (AvgIpc) is 3.41. The lowest BCUT2D eigenvalue weighted by Crippen LogP contribution is -2.41. The Kier molecular flexibility index (Phi) is 4.78. The van der Waals surface area contributed by atoms with Gasteiger partial charge in [0.15, 0.2) is 0 Å². The fraction of sp³-hybridized carbons (Fsp3) is 0.591. The lowest BCUT2D eigenvalue weighted by Gasteiger charge is -2.38. The minimum atomic E-state index is 0.112. The quantitative estimate of drug-likeness (QED) is 0.748. The first-order valence-corrected chi connectivity index (χ1v) is 10.6. The van der Waals surface area contributed by atoms with Gasteiger partial charge in [0.2, 0.25) is 17.7 Å². The van der Waals surface area contributed by atoms with Crippen LogP contribution in [0.5, 0.6) is 5.75 Å². The number of rotatable bonds is 6. The van der Waals surface area contributed by atoms with Crippen LogP contribution in [0.1, 0.15) is 55.4 Å². The molecule has 1 aromatic heterocycles. The molecule has 5 rings (SSSR count). The molecular weight excluding hydrogens is 368 g/mol. The zero-order valence-electron chi connectivity index (χ0n) is 17.0. The van der Waals surface area contributed by atoms with Crippen LogP contribution < -0.4 is 4.74 Å². The van der Waals surface area contributed by atoms with Gasteiger partial charge in [0.05, 0.1) is 13.7 Å². The largest absolute Gasteiger partial charge is 0.497 e. The van der Waals surface area contributed by atoms with E-state index in [0.29, 0.717) is 18.9 Å². The molecule has 2 saturated heterocycles. The lowest BCUT2D eigenvalue weighted by molar-refractivity contribution is -0.128. The van der Waals surface area contributed by atoms with E-state index in [-0.39, 0.29) is 11.3 Å². The Balaban J connectivity index is 1.16. The summed E-state index contributed by atoms with van der Waals surface area (Å²) in [6.45, 7) is 4.18. The van der Waals surface area contributed by atoms with Crippen molar-refractivity contribution in [1.82, 2.24) is 20.0 Å². The zero-order chi connectivity index (χ0) is 19.8. The van der Waals surface area contributed by atoms with Crippen molar-refractivity contribution in [3.8, 4) is 5.75 Å². The van der Waals surface area contributed by atoms with E-state index in [0.717, 1.165) is 62.1 Å². The summed E-state index contributed by atoms with van der Waals surface area (Å²) in [4.78, 5) is 17.1. The van der Waals surface area contributed by atoms with Gasteiger partial charge in [-0.3, -0.25) is 9.69 Å². The van der Waals surface area contributed by atoms with Crippen molar-refractivity contribution in [3.05, 3.63) is 41.6 Å². The zero-order valence-corrected chi connectivity index (χ0v) is 17.0. The molecule has 0 unspecified atom stereocenters. The van der Waals surface area contributed by atoms with Gasteiger partial charge in [-0.05, 0) is 61.9 Å². The Morgan fingerprint density at radius 1 is 1.21 bits per heavy atom. The number of carbonyl (C=O) groups is 1. The summed E-state index contributed by atoms with van der Waals surface area (Å²) in [5.41, 5.74) is 1.23. The van der Waals surface area contributed by atoms with Crippen LogP contribution in [0.3, 0.4) is 0 Å². The predicted octanol–water partition coefficient (Wildman–Crippen LogP) is 2.97. The molecule has 2 aromatic rings. The SMILES string of the molecule is COc1cccc(CN2CC3(CCN(Cc4nnc(C5CC5)o4)CC3)CC2=O)c1. The lowest BCUT2D eigenvalue weighted by atomic mass is 9.77. The smallest absolute Gasteiger partial charge is 0.230 e. The molecule has 3 aliphatic rings. The summed E-state index contributed by atoms with van der Waals surface area (Å²) in [5.74, 6) is 3.14. The maximum Gasteiger partial charge on any atom is 0.230 e. The van der Waals surface area contributed by atoms with Crippen molar-refractivity contribution in [2.24, 2.45) is 5.41 Å². The Bertz CT molecular complexity index is 884. The van der Waals surface area contributed by atoms with Gasteiger partial charge in [-0.15, -0.1) is 10.2 Å². The number of carbonyl (C=O) groups excluding carboxylic acids is 1. The number of hydrogen-bond acceptors (Lipinski definition) is 6. The first-order valence-electron chi connectivity index (χ1n) is 10.6. The van der Waals surface area contributed by atoms with Gasteiger partial charge in [0, 0.05) is 25.4 Å². The predicted molar refractivity (Wildman–Crippen MR) is 106 cm³/mol. The fourth-order valence-electron chi connectivity index (χ4n) is 4.65. The minimum absolute atomic E-state index is 0.112. The van der Waals surface area contributed by atoms with E-state index in [4.69, 9.17) is 9.15 Å². The van der Waals surface area contributed by atoms with Crippen molar-refractivity contribution >= 4 is 5.91 Å². The second-order valence-corrected chi connectivity index (χ2v) is 8.86. The summed E-state index contributed by atoms with van der Waals surface area (Å²) in [7, 11) is 1.67. The molecule has 1 aliphatic carbocycles. The second kappa shape index (κ2) is 7.44. The van der Waals surface area contributed by atoms with Gasteiger partial charge in [-0.1, -0.05) is 12.1 Å². The molecule has 1 saturated carbocycles. The third kappa shape index (κ3) is 4.01. The molecule has 1 aromatic carbocycles. The van der Waals surface area contributed by atoms with E-state index in [9.17, 15) is 4.79 Å². The molecule has 0 N–H and O–H groups in total. The van der Waals surface area contributed by atoms with Crippen molar-refractivity contribution in [1.29, 1.82) is 0 Å². The topological polar surface area (TPSA) is 71.7 Å². The van der Waals surface area contributed by atoms with Crippen molar-refractivity contribution in [3.63, 3.8) is 0 Å². The molecule has 7 nitrogen and oxygen atoms in total. The molecular formula is C22H28N4O3. The monoisotopic (exact) mass is 396 g/mol. The molecule has 7 heteroatoms. The highest BCUT2D eigenvalue weighted by Crippen LogP contribution is 2.42. The number of ether oxygens (including phenoxy) is 1. The number of benzene rings is 1. The Labute approximate surface area is 171 Å². The molecule has 2 aliphatic heterocycles. The van der Waals surface area contributed by atoms with E-state index < -0.39 is 0 Å². The molecule has 154 valence electrons. The van der Waals surface area contributed by atoms with Gasteiger partial charge < -0.3 is 14.1 Å². The number of amides is 1. The average molecular weight is 396 g/mol. The van der Waals surface area contributed by atoms with Crippen molar-refractivity contribution in [2.75, 3.05) is 26.7 Å². The first-order chi connectivity index (χ1) is 14.1. The number of nitrogens with zero attached hydrogens (tertiary/aromatic N) is 4. The van der Waals surface area contributed by atoms with E-state index in [1.165, 1.54) is 12.8 Å². The standard InChI is InChI=1S/C22H28N4O3/c1-28-18-4-2-3-16(11-18)13-26-15-22(12-20(26)27)7-9-25(10-8-22)14-19-23-24-21(29-19)17-5-6-17/h2-4,11,17H,5-10,12-15H2,1H3. The van der Waals surface area contributed by atoms with Crippen LogP contribution in [0.15, 0.2) is 28.7 Å². The van der Waals surface area contributed by atoms with Crippen LogP contribution >= 0.6 is 0 Å². The van der Waals surface area contributed by atoms with Gasteiger partial charge in [0.1, 0.15) is 5.75 Å². The molecule has 0 atom stereocenters. The summed E-state index contributed by atoms with van der Waals surface area (Å²) in [6, 6.07) is 7.99. The summed E-state index contributed by atoms with van der Waals surface area (Å²) < 4.78 is 11.1. The number of aromatic nitrogens is 2. The van der Waals surface area contributed by atoms with E-state index in [1.54, 1.807) is 7.11 Å². The van der Waals surface area contributed by atoms with Crippen LogP contribution in [0, 0.1) is 5.41 Å². The highest BCUT2D eigenvalue weighted by molar-refractivity contribution is 5.79. The van der Waals surface area contributed by atoms with E-state index >= 15 is 0 Å². The summed E-state index contributed by atoms with van der Waals surface area (Å²) in [6.07, 6.45) is 5.09. The van der Waals surface area contributed by atoms with Crippen LogP contribution in [-0.4, -0.2) is 52.6 Å². The maximum absolute atomic E-state index is 12.7. The Morgan fingerprint density at radius 3 is 2.79 bits per heavy atom. The molecule has 1 amide bonds. The van der Waals surface area contributed by atoms with Gasteiger partial charge in [0.25, 0.3) is 0 Å². The molecule has 0 bridgehead atoms. The Morgan fingerprint density at radius 2 is 2.03 bits per heavy atom.